The van der Waals surface area contributed by atoms with Crippen LogP contribution in [0.25, 0.3) is 11.6 Å². The molecule has 32 heavy (non-hydrogen) atoms. The molecular formula is C26H24N2O4. The number of hydrogen-bond donors (Lipinski definition) is 2. The van der Waals surface area contributed by atoms with Gasteiger partial charge >= 0.3 is 0 Å². The largest absolute Gasteiger partial charge is 0.493 e. The van der Waals surface area contributed by atoms with Gasteiger partial charge in [0.05, 0.1) is 13.2 Å². The topological polar surface area (TPSA) is 76.7 Å². The maximum Gasteiger partial charge on any atom is 0.258 e. The van der Waals surface area contributed by atoms with Gasteiger partial charge in [-0.3, -0.25) is 9.59 Å². The summed E-state index contributed by atoms with van der Waals surface area (Å²) in [5, 5.41) is 5.78. The van der Waals surface area contributed by atoms with Crippen LogP contribution < -0.4 is 20.1 Å². The number of methoxy groups -OCH3 is 1. The van der Waals surface area contributed by atoms with E-state index in [2.05, 4.69) is 10.6 Å². The number of rotatable bonds is 7. The first-order chi connectivity index (χ1) is 15.5. The molecule has 0 radical (unpaired) electrons. The van der Waals surface area contributed by atoms with E-state index in [-0.39, 0.29) is 24.5 Å². The molecule has 1 aliphatic heterocycles. The molecule has 4 rings (SSSR count). The molecule has 0 saturated heterocycles. The van der Waals surface area contributed by atoms with Crippen LogP contribution in [-0.4, -0.2) is 25.5 Å². The van der Waals surface area contributed by atoms with Gasteiger partial charge in [-0.05, 0) is 42.3 Å². The molecule has 0 aliphatic carbocycles. The Kier molecular flexibility index (Phi) is 6.22. The average molecular weight is 428 g/mol. The lowest BCUT2D eigenvalue weighted by Gasteiger charge is -2.15. The van der Waals surface area contributed by atoms with Gasteiger partial charge in [0, 0.05) is 16.8 Å². The van der Waals surface area contributed by atoms with E-state index >= 15 is 0 Å². The third-order valence-electron chi connectivity index (χ3n) is 5.24. The lowest BCUT2D eigenvalue weighted by molar-refractivity contribution is -0.123. The fraction of sp³-hybridized carbons (Fsp3) is 0.154. The summed E-state index contributed by atoms with van der Waals surface area (Å²) in [5.41, 5.74) is 4.06. The predicted molar refractivity (Wildman–Crippen MR) is 124 cm³/mol. The highest BCUT2D eigenvalue weighted by molar-refractivity contribution is 6.34. The first-order valence-electron chi connectivity index (χ1n) is 10.3. The van der Waals surface area contributed by atoms with Gasteiger partial charge in [-0.1, -0.05) is 54.6 Å². The fourth-order valence-corrected chi connectivity index (χ4v) is 3.59. The van der Waals surface area contributed by atoms with Crippen molar-refractivity contribution in [2.45, 2.75) is 13.0 Å². The van der Waals surface area contributed by atoms with Crippen LogP contribution in [0, 0.1) is 0 Å². The van der Waals surface area contributed by atoms with Crippen molar-refractivity contribution in [3.8, 4) is 11.5 Å². The number of carbonyl (C=O) groups excluding carboxylic acids is 2. The van der Waals surface area contributed by atoms with Gasteiger partial charge in [0.15, 0.2) is 18.1 Å². The molecule has 6 nitrogen and oxygen atoms in total. The summed E-state index contributed by atoms with van der Waals surface area (Å²) in [4.78, 5) is 24.7. The van der Waals surface area contributed by atoms with Crippen molar-refractivity contribution < 1.29 is 19.1 Å². The first-order valence-corrected chi connectivity index (χ1v) is 10.3. The van der Waals surface area contributed by atoms with Crippen molar-refractivity contribution in [3.63, 3.8) is 0 Å². The van der Waals surface area contributed by atoms with E-state index in [1.165, 1.54) is 7.11 Å². The van der Waals surface area contributed by atoms with Crippen LogP contribution in [0.1, 0.15) is 29.7 Å². The molecule has 1 atom stereocenters. The van der Waals surface area contributed by atoms with Crippen LogP contribution in [0.2, 0.25) is 0 Å². The lowest BCUT2D eigenvalue weighted by atomic mass is 10.0. The molecule has 0 aromatic heterocycles. The van der Waals surface area contributed by atoms with Crippen LogP contribution >= 0.6 is 0 Å². The molecule has 0 saturated carbocycles. The molecule has 162 valence electrons. The summed E-state index contributed by atoms with van der Waals surface area (Å²) in [6, 6.07) is 22.5. The normalized spacial score (nSPS) is 14.4. The minimum absolute atomic E-state index is 0.122. The molecule has 2 amide bonds. The van der Waals surface area contributed by atoms with Crippen LogP contribution in [0.3, 0.4) is 0 Å². The van der Waals surface area contributed by atoms with Crippen LogP contribution in [0.5, 0.6) is 11.5 Å². The minimum Gasteiger partial charge on any atom is -0.493 e. The Morgan fingerprint density at radius 3 is 2.56 bits per heavy atom. The van der Waals surface area contributed by atoms with Crippen LogP contribution in [0.4, 0.5) is 5.69 Å². The van der Waals surface area contributed by atoms with Gasteiger partial charge in [0.2, 0.25) is 0 Å². The molecule has 1 heterocycles. The molecule has 3 aromatic rings. The Morgan fingerprint density at radius 2 is 1.78 bits per heavy atom. The summed E-state index contributed by atoms with van der Waals surface area (Å²) >= 11 is 0. The number of carbonyl (C=O) groups is 2. The minimum atomic E-state index is -0.228. The number of nitrogens with one attached hydrogen (secondary N) is 2. The molecular weight excluding hydrogens is 404 g/mol. The maximum absolute atomic E-state index is 12.3. The van der Waals surface area contributed by atoms with E-state index < -0.39 is 0 Å². The third-order valence-corrected chi connectivity index (χ3v) is 5.24. The van der Waals surface area contributed by atoms with Crippen LogP contribution in [0.15, 0.2) is 72.8 Å². The van der Waals surface area contributed by atoms with Crippen molar-refractivity contribution in [1.82, 2.24) is 5.32 Å². The molecule has 0 unspecified atom stereocenters. The molecule has 2 N–H and O–H groups in total. The summed E-state index contributed by atoms with van der Waals surface area (Å²) in [5.74, 6) is 0.562. The number of para-hydroxylation sites is 1. The fourth-order valence-electron chi connectivity index (χ4n) is 3.59. The van der Waals surface area contributed by atoms with Crippen molar-refractivity contribution >= 4 is 29.2 Å². The highest BCUT2D eigenvalue weighted by Gasteiger charge is 2.23. The number of anilines is 1. The molecule has 0 spiro atoms. The molecule has 0 fully saturated rings. The van der Waals surface area contributed by atoms with E-state index in [1.54, 1.807) is 12.1 Å². The zero-order chi connectivity index (χ0) is 22.5. The zero-order valence-electron chi connectivity index (χ0n) is 17.9. The van der Waals surface area contributed by atoms with E-state index in [1.807, 2.05) is 73.7 Å². The second-order valence-electron chi connectivity index (χ2n) is 7.46. The summed E-state index contributed by atoms with van der Waals surface area (Å²) < 4.78 is 11.1. The second kappa shape index (κ2) is 9.39. The maximum atomic E-state index is 12.3. The van der Waals surface area contributed by atoms with E-state index in [4.69, 9.17) is 9.47 Å². The Hall–Kier alpha value is -4.06. The van der Waals surface area contributed by atoms with E-state index in [9.17, 15) is 9.59 Å². The standard InChI is InChI=1S/C26H24N2O4/c1-17(19-8-4-3-5-9-19)27-25(29)16-32-23-13-12-18(15-24(23)31-2)14-21-20-10-6-7-11-22(20)28-26(21)30/h3-15,17H,16H2,1-2H3,(H,27,29)(H,28,30)/b21-14-/t17-/m1/s1. The smallest absolute Gasteiger partial charge is 0.258 e. The molecule has 1 aliphatic rings. The Balaban J connectivity index is 1.44. The SMILES string of the molecule is COc1cc(/C=C2\C(=O)Nc3ccccc32)ccc1OCC(=O)N[C@H](C)c1ccccc1. The summed E-state index contributed by atoms with van der Waals surface area (Å²) in [7, 11) is 1.54. The average Bonchev–Trinajstić information content (AvgIpc) is 3.13. The zero-order valence-corrected chi connectivity index (χ0v) is 17.9. The number of benzene rings is 3. The number of hydrogen-bond acceptors (Lipinski definition) is 4. The van der Waals surface area contributed by atoms with E-state index in [0.717, 1.165) is 22.4 Å². The van der Waals surface area contributed by atoms with Crippen molar-refractivity contribution in [2.24, 2.45) is 0 Å². The second-order valence-corrected chi connectivity index (χ2v) is 7.46. The lowest BCUT2D eigenvalue weighted by Crippen LogP contribution is -2.31. The quantitative estimate of drug-likeness (QED) is 0.546. The van der Waals surface area contributed by atoms with Gasteiger partial charge in [0.25, 0.3) is 11.8 Å². The first kappa shape index (κ1) is 21.2. The van der Waals surface area contributed by atoms with Gasteiger partial charge < -0.3 is 20.1 Å². The highest BCUT2D eigenvalue weighted by Crippen LogP contribution is 2.34. The van der Waals surface area contributed by atoms with Crippen molar-refractivity contribution in [1.29, 1.82) is 0 Å². The third kappa shape index (κ3) is 4.64. The Morgan fingerprint density at radius 1 is 1.03 bits per heavy atom. The molecule has 0 bridgehead atoms. The monoisotopic (exact) mass is 428 g/mol. The Labute approximate surface area is 186 Å². The van der Waals surface area contributed by atoms with Crippen molar-refractivity contribution in [3.05, 3.63) is 89.5 Å². The predicted octanol–water partition coefficient (Wildman–Crippen LogP) is 4.44. The molecule has 6 heteroatoms. The van der Waals surface area contributed by atoms with E-state index in [0.29, 0.717) is 17.1 Å². The summed E-state index contributed by atoms with van der Waals surface area (Å²) in [6.07, 6.45) is 1.81. The highest BCUT2D eigenvalue weighted by atomic mass is 16.5. The van der Waals surface area contributed by atoms with Gasteiger partial charge in [-0.25, -0.2) is 0 Å². The van der Waals surface area contributed by atoms with Gasteiger partial charge in [0.1, 0.15) is 0 Å². The molecule has 3 aromatic carbocycles. The van der Waals surface area contributed by atoms with Crippen LogP contribution in [-0.2, 0) is 9.59 Å². The van der Waals surface area contributed by atoms with Gasteiger partial charge in [-0.15, -0.1) is 0 Å². The van der Waals surface area contributed by atoms with Gasteiger partial charge in [-0.2, -0.15) is 0 Å². The summed E-state index contributed by atoms with van der Waals surface area (Å²) in [6.45, 7) is 1.79. The van der Waals surface area contributed by atoms with Crippen molar-refractivity contribution in [2.75, 3.05) is 19.0 Å². The Bertz CT molecular complexity index is 1170. The number of fused-ring (bicyclic) bond motifs is 1. The number of amides is 2. The number of ether oxygens (including phenoxy) is 2.